The van der Waals surface area contributed by atoms with Gasteiger partial charge in [0.25, 0.3) is 0 Å². The van der Waals surface area contributed by atoms with Crippen LogP contribution in [0.2, 0.25) is 0 Å². The van der Waals surface area contributed by atoms with E-state index in [-0.39, 0.29) is 18.2 Å². The summed E-state index contributed by atoms with van der Waals surface area (Å²) in [4.78, 5) is 11.1. The van der Waals surface area contributed by atoms with E-state index in [4.69, 9.17) is 9.47 Å². The molecule has 0 aromatic rings. The molecule has 1 rings (SSSR count). The summed E-state index contributed by atoms with van der Waals surface area (Å²) in [6.07, 6.45) is 2.57. The van der Waals surface area contributed by atoms with Crippen molar-refractivity contribution >= 4 is 5.97 Å². The van der Waals surface area contributed by atoms with Gasteiger partial charge in [0.1, 0.15) is 0 Å². The van der Waals surface area contributed by atoms with Crippen molar-refractivity contribution < 1.29 is 14.3 Å². The van der Waals surface area contributed by atoms with E-state index >= 15 is 0 Å². The van der Waals surface area contributed by atoms with Gasteiger partial charge in [-0.2, -0.15) is 0 Å². The van der Waals surface area contributed by atoms with E-state index in [1.807, 2.05) is 13.8 Å². The van der Waals surface area contributed by atoms with E-state index in [2.05, 4.69) is 0 Å². The maximum atomic E-state index is 11.1. The summed E-state index contributed by atoms with van der Waals surface area (Å²) in [5, 5.41) is 0. The standard InChI is InChI=1S/C9H16O3/c1-7(2)12-9(10)6-8-4-3-5-11-8/h7-8H,3-6H2,1-2H3. The fourth-order valence-electron chi connectivity index (χ4n) is 1.30. The van der Waals surface area contributed by atoms with Gasteiger partial charge in [-0.15, -0.1) is 0 Å². The van der Waals surface area contributed by atoms with E-state index in [0.29, 0.717) is 6.42 Å². The van der Waals surface area contributed by atoms with Gasteiger partial charge in [-0.25, -0.2) is 0 Å². The van der Waals surface area contributed by atoms with Gasteiger partial charge in [0.2, 0.25) is 0 Å². The molecule has 1 unspecified atom stereocenters. The molecule has 1 fully saturated rings. The molecule has 0 aromatic carbocycles. The second-order valence-corrected chi connectivity index (χ2v) is 3.38. The number of carbonyl (C=O) groups is 1. The molecule has 0 amide bonds. The third-order valence-electron chi connectivity index (χ3n) is 1.79. The Hall–Kier alpha value is -0.570. The smallest absolute Gasteiger partial charge is 0.308 e. The first-order chi connectivity index (χ1) is 5.68. The van der Waals surface area contributed by atoms with Gasteiger partial charge < -0.3 is 9.47 Å². The number of carbonyl (C=O) groups excluding carboxylic acids is 1. The molecule has 0 N–H and O–H groups in total. The van der Waals surface area contributed by atoms with E-state index in [1.54, 1.807) is 0 Å². The highest BCUT2D eigenvalue weighted by Gasteiger charge is 2.20. The topological polar surface area (TPSA) is 35.5 Å². The lowest BCUT2D eigenvalue weighted by Crippen LogP contribution is -2.18. The molecule has 0 saturated carbocycles. The van der Waals surface area contributed by atoms with Crippen LogP contribution in [0.5, 0.6) is 0 Å². The first-order valence-electron chi connectivity index (χ1n) is 4.49. The molecule has 1 atom stereocenters. The molecular weight excluding hydrogens is 156 g/mol. The van der Waals surface area contributed by atoms with Gasteiger partial charge in [0.15, 0.2) is 0 Å². The Morgan fingerprint density at radius 3 is 2.92 bits per heavy atom. The quantitative estimate of drug-likeness (QED) is 0.605. The predicted octanol–water partition coefficient (Wildman–Crippen LogP) is 1.51. The van der Waals surface area contributed by atoms with Gasteiger partial charge in [0.05, 0.1) is 18.6 Å². The van der Waals surface area contributed by atoms with Crippen molar-refractivity contribution in [2.45, 2.75) is 45.3 Å². The lowest BCUT2D eigenvalue weighted by molar-refractivity contribution is -0.149. The van der Waals surface area contributed by atoms with Gasteiger partial charge in [-0.1, -0.05) is 0 Å². The molecule has 0 aliphatic carbocycles. The van der Waals surface area contributed by atoms with E-state index in [9.17, 15) is 4.79 Å². The minimum atomic E-state index is -0.142. The predicted molar refractivity (Wildman–Crippen MR) is 44.8 cm³/mol. The third-order valence-corrected chi connectivity index (χ3v) is 1.79. The number of esters is 1. The summed E-state index contributed by atoms with van der Waals surface area (Å²) in [6.45, 7) is 4.50. The zero-order valence-corrected chi connectivity index (χ0v) is 7.71. The molecule has 1 heterocycles. The Morgan fingerprint density at radius 1 is 1.67 bits per heavy atom. The van der Waals surface area contributed by atoms with Crippen LogP contribution in [0, 0.1) is 0 Å². The van der Waals surface area contributed by atoms with Crippen LogP contribution in [0.3, 0.4) is 0 Å². The first kappa shape index (κ1) is 9.52. The largest absolute Gasteiger partial charge is 0.463 e. The molecule has 1 saturated heterocycles. The van der Waals surface area contributed by atoms with Gasteiger partial charge >= 0.3 is 5.97 Å². The molecule has 0 aromatic heterocycles. The normalized spacial score (nSPS) is 23.1. The maximum absolute atomic E-state index is 11.1. The van der Waals surface area contributed by atoms with Crippen LogP contribution < -0.4 is 0 Å². The van der Waals surface area contributed by atoms with E-state index < -0.39 is 0 Å². The summed E-state index contributed by atoms with van der Waals surface area (Å²) >= 11 is 0. The average Bonchev–Trinajstić information content (AvgIpc) is 2.37. The summed E-state index contributed by atoms with van der Waals surface area (Å²) in [5.74, 6) is -0.142. The number of hydrogen-bond donors (Lipinski definition) is 0. The Bertz CT molecular complexity index is 148. The number of rotatable bonds is 3. The highest BCUT2D eigenvalue weighted by molar-refractivity contribution is 5.70. The molecule has 70 valence electrons. The third kappa shape index (κ3) is 3.22. The monoisotopic (exact) mass is 172 g/mol. The van der Waals surface area contributed by atoms with Crippen molar-refractivity contribution in [1.29, 1.82) is 0 Å². The Kier molecular flexibility index (Phi) is 3.53. The molecule has 12 heavy (non-hydrogen) atoms. The average molecular weight is 172 g/mol. The minimum Gasteiger partial charge on any atom is -0.463 e. The zero-order valence-electron chi connectivity index (χ0n) is 7.71. The molecule has 3 nitrogen and oxygen atoms in total. The van der Waals surface area contributed by atoms with Gasteiger partial charge in [-0.3, -0.25) is 4.79 Å². The summed E-state index contributed by atoms with van der Waals surface area (Å²) in [6, 6.07) is 0. The maximum Gasteiger partial charge on any atom is 0.308 e. The molecule has 3 heteroatoms. The minimum absolute atomic E-state index is 0.0149. The van der Waals surface area contributed by atoms with Gasteiger partial charge in [-0.05, 0) is 26.7 Å². The fourth-order valence-corrected chi connectivity index (χ4v) is 1.30. The number of ether oxygens (including phenoxy) is 2. The van der Waals surface area contributed by atoms with Crippen molar-refractivity contribution in [3.8, 4) is 0 Å². The summed E-state index contributed by atoms with van der Waals surface area (Å²) < 4.78 is 10.3. The molecular formula is C9H16O3. The van der Waals surface area contributed by atoms with Crippen LogP contribution in [0.4, 0.5) is 0 Å². The van der Waals surface area contributed by atoms with E-state index in [0.717, 1.165) is 19.4 Å². The molecule has 1 aliphatic rings. The second kappa shape index (κ2) is 4.45. The van der Waals surface area contributed by atoms with Crippen LogP contribution >= 0.6 is 0 Å². The van der Waals surface area contributed by atoms with Gasteiger partial charge in [0, 0.05) is 6.61 Å². The lowest BCUT2D eigenvalue weighted by Gasteiger charge is -2.10. The first-order valence-corrected chi connectivity index (χ1v) is 4.49. The highest BCUT2D eigenvalue weighted by Crippen LogP contribution is 2.15. The SMILES string of the molecule is CC(C)OC(=O)CC1CCCO1. The highest BCUT2D eigenvalue weighted by atomic mass is 16.5. The molecule has 0 radical (unpaired) electrons. The van der Waals surface area contributed by atoms with Crippen LogP contribution in [-0.4, -0.2) is 24.8 Å². The van der Waals surface area contributed by atoms with Crippen molar-refractivity contribution in [1.82, 2.24) is 0 Å². The van der Waals surface area contributed by atoms with Crippen LogP contribution in [0.15, 0.2) is 0 Å². The molecule has 1 aliphatic heterocycles. The van der Waals surface area contributed by atoms with Crippen LogP contribution in [-0.2, 0) is 14.3 Å². The zero-order chi connectivity index (χ0) is 8.97. The van der Waals surface area contributed by atoms with E-state index in [1.165, 1.54) is 0 Å². The Morgan fingerprint density at radius 2 is 2.42 bits per heavy atom. The lowest BCUT2D eigenvalue weighted by atomic mass is 10.2. The summed E-state index contributed by atoms with van der Waals surface area (Å²) in [7, 11) is 0. The molecule has 0 bridgehead atoms. The summed E-state index contributed by atoms with van der Waals surface area (Å²) in [5.41, 5.74) is 0. The second-order valence-electron chi connectivity index (χ2n) is 3.38. The molecule has 0 spiro atoms. The van der Waals surface area contributed by atoms with Crippen molar-refractivity contribution in [2.24, 2.45) is 0 Å². The van der Waals surface area contributed by atoms with Crippen molar-refractivity contribution in [3.05, 3.63) is 0 Å². The van der Waals surface area contributed by atoms with Crippen molar-refractivity contribution in [2.75, 3.05) is 6.61 Å². The van der Waals surface area contributed by atoms with Crippen molar-refractivity contribution in [3.63, 3.8) is 0 Å². The van der Waals surface area contributed by atoms with Crippen LogP contribution in [0.25, 0.3) is 0 Å². The number of hydrogen-bond acceptors (Lipinski definition) is 3. The Labute approximate surface area is 73.0 Å². The van der Waals surface area contributed by atoms with Crippen LogP contribution in [0.1, 0.15) is 33.1 Å². The fraction of sp³-hybridized carbons (Fsp3) is 0.889. The Balaban J connectivity index is 2.16.